The molecular weight excluding hydrogens is 380 g/mol. The first kappa shape index (κ1) is 24.0. The number of rotatable bonds is 4. The van der Waals surface area contributed by atoms with Crippen LogP contribution in [0.2, 0.25) is 0 Å². The van der Waals surface area contributed by atoms with Gasteiger partial charge in [0.2, 0.25) is 0 Å². The highest BCUT2D eigenvalue weighted by molar-refractivity contribution is 5.10. The summed E-state index contributed by atoms with van der Waals surface area (Å²) in [6.07, 6.45) is 8.02. The van der Waals surface area contributed by atoms with Crippen LogP contribution in [0.4, 0.5) is 0 Å². The molecule has 0 aromatic carbocycles. The van der Waals surface area contributed by atoms with Gasteiger partial charge in [0.25, 0.3) is 0 Å². The summed E-state index contributed by atoms with van der Waals surface area (Å²) in [4.78, 5) is 6.23. The fourth-order valence-corrected chi connectivity index (χ4v) is 9.15. The minimum atomic E-state index is 0.0546. The molecule has 0 aromatic heterocycles. The maximum Gasteiger partial charge on any atom is 0.358 e. The van der Waals surface area contributed by atoms with Gasteiger partial charge in [-0.05, 0) is 68.2 Å². The Morgan fingerprint density at radius 1 is 0.742 bits per heavy atom. The number of nitrogens with zero attached hydrogens (tertiary/aromatic N) is 4. The van der Waals surface area contributed by atoms with Crippen molar-refractivity contribution in [2.24, 2.45) is 0 Å². The van der Waals surface area contributed by atoms with Gasteiger partial charge in [0, 0.05) is 36.8 Å². The van der Waals surface area contributed by atoms with E-state index in [0.717, 1.165) is 0 Å². The fourth-order valence-electron chi connectivity index (χ4n) is 9.15. The predicted octanol–water partition coefficient (Wildman–Crippen LogP) is 5.38. The Balaban J connectivity index is 2.13. The molecule has 1 unspecified atom stereocenters. The van der Waals surface area contributed by atoms with E-state index in [2.05, 4.69) is 79.0 Å². The first-order valence-electron chi connectivity index (χ1n) is 13.5. The molecule has 4 saturated heterocycles. The van der Waals surface area contributed by atoms with Crippen molar-refractivity contribution in [1.29, 1.82) is 0 Å². The van der Waals surface area contributed by atoms with Gasteiger partial charge < -0.3 is 0 Å². The van der Waals surface area contributed by atoms with Gasteiger partial charge in [-0.2, -0.15) is 9.80 Å². The summed E-state index contributed by atoms with van der Waals surface area (Å²) >= 11 is 0. The molecule has 0 N–H and O–H groups in total. The van der Waals surface area contributed by atoms with Crippen molar-refractivity contribution in [2.75, 3.05) is 39.3 Å². The lowest BCUT2D eigenvalue weighted by atomic mass is 9.90. The Labute approximate surface area is 194 Å². The van der Waals surface area contributed by atoms with Gasteiger partial charge in [-0.3, -0.25) is 0 Å². The topological polar surface area (TPSA) is 6.48 Å². The molecular formula is C27H54N4+2. The zero-order chi connectivity index (χ0) is 23.1. The molecule has 4 rings (SSSR count). The van der Waals surface area contributed by atoms with Crippen LogP contribution in [-0.4, -0.2) is 86.1 Å². The van der Waals surface area contributed by atoms with Crippen molar-refractivity contribution >= 4 is 0 Å². The van der Waals surface area contributed by atoms with Crippen molar-refractivity contribution in [3.63, 3.8) is 0 Å². The summed E-state index contributed by atoms with van der Waals surface area (Å²) < 4.78 is 2.62. The zero-order valence-corrected chi connectivity index (χ0v) is 22.8. The molecule has 4 nitrogen and oxygen atoms in total. The largest absolute Gasteiger partial charge is 0.358 e. The average molecular weight is 435 g/mol. The van der Waals surface area contributed by atoms with E-state index in [1.165, 1.54) is 86.8 Å². The highest BCUT2D eigenvalue weighted by atomic mass is 15.9. The summed E-state index contributed by atoms with van der Waals surface area (Å²) in [5, 5.41) is 0. The third kappa shape index (κ3) is 2.74. The number of fused-ring (bicyclic) bond motifs is 2. The van der Waals surface area contributed by atoms with Crippen molar-refractivity contribution in [3.8, 4) is 0 Å². The average Bonchev–Trinajstić information content (AvgIpc) is 3.40. The van der Waals surface area contributed by atoms with Gasteiger partial charge in [0.1, 0.15) is 12.1 Å². The van der Waals surface area contributed by atoms with Gasteiger partial charge in [-0.25, -0.2) is 8.97 Å². The maximum atomic E-state index is 3.13. The Bertz CT molecular complexity index is 694. The van der Waals surface area contributed by atoms with E-state index >= 15 is 0 Å². The molecule has 0 bridgehead atoms. The molecule has 0 saturated carbocycles. The normalized spacial score (nSPS) is 34.6. The van der Waals surface area contributed by atoms with Gasteiger partial charge in [0.15, 0.2) is 0 Å². The van der Waals surface area contributed by atoms with E-state index < -0.39 is 0 Å². The minimum Gasteiger partial charge on any atom is -0.241 e. The highest BCUT2D eigenvalue weighted by Gasteiger charge is 2.88. The molecule has 0 radical (unpaired) electrons. The summed E-state index contributed by atoms with van der Waals surface area (Å²) in [6.45, 7) is 33.5. The zero-order valence-electron chi connectivity index (χ0n) is 22.8. The molecule has 0 aromatic rings. The molecule has 4 aliphatic rings. The van der Waals surface area contributed by atoms with Crippen LogP contribution in [0.1, 0.15) is 108 Å². The van der Waals surface area contributed by atoms with E-state index in [9.17, 15) is 0 Å². The number of quaternary nitrogens is 2. The maximum absolute atomic E-state index is 3.13. The van der Waals surface area contributed by atoms with Gasteiger partial charge in [-0.1, -0.05) is 13.8 Å². The summed E-state index contributed by atoms with van der Waals surface area (Å²) in [5.74, 6) is 0.0546. The third-order valence-electron chi connectivity index (χ3n) is 10.7. The number of hydrogen-bond donors (Lipinski definition) is 0. The second-order valence-corrected chi connectivity index (χ2v) is 14.1. The van der Waals surface area contributed by atoms with Crippen molar-refractivity contribution in [1.82, 2.24) is 9.80 Å². The Hall–Kier alpha value is -0.160. The van der Waals surface area contributed by atoms with Crippen LogP contribution in [0.5, 0.6) is 0 Å². The van der Waals surface area contributed by atoms with Crippen LogP contribution in [-0.2, 0) is 0 Å². The summed E-state index contributed by atoms with van der Waals surface area (Å²) in [7, 11) is 0. The van der Waals surface area contributed by atoms with Crippen LogP contribution < -0.4 is 0 Å². The van der Waals surface area contributed by atoms with E-state index in [1.807, 2.05) is 0 Å². The molecule has 4 aliphatic heterocycles. The Kier molecular flexibility index (Phi) is 5.36. The molecule has 3 spiro atoms. The fraction of sp³-hybridized carbons (Fsp3) is 1.00. The van der Waals surface area contributed by atoms with E-state index in [0.29, 0.717) is 0 Å². The first-order chi connectivity index (χ1) is 14.2. The Morgan fingerprint density at radius 3 is 1.71 bits per heavy atom. The van der Waals surface area contributed by atoms with Crippen LogP contribution >= 0.6 is 0 Å². The SMILES string of the molecule is CCC(C)(C)N1CC(C)(C)[N+]2(CCCC2)C12N(C(C)(C)CC)C(C)(C)C[N+]21CCCC1. The van der Waals surface area contributed by atoms with Gasteiger partial charge >= 0.3 is 5.91 Å². The molecule has 4 heterocycles. The van der Waals surface area contributed by atoms with E-state index in [1.54, 1.807) is 0 Å². The molecule has 0 amide bonds. The lowest BCUT2D eigenvalue weighted by Crippen LogP contribution is -2.87. The highest BCUT2D eigenvalue weighted by Crippen LogP contribution is 2.64. The van der Waals surface area contributed by atoms with Crippen molar-refractivity contribution < 1.29 is 8.97 Å². The Morgan fingerprint density at radius 2 is 1.23 bits per heavy atom. The quantitative estimate of drug-likeness (QED) is 0.548. The first-order valence-corrected chi connectivity index (χ1v) is 13.5. The second kappa shape index (κ2) is 6.93. The standard InChI is InChI=1S/C27H54N4/c1-11-23(3,4)28-21-26(9,10)31(19-15-16-20-31)27(28)29(24(5,6)12-2)25(7,8)22-30(27)17-13-14-18-30/h11-22H2,1-10H3/q+2. The molecule has 0 aliphatic carbocycles. The molecule has 31 heavy (non-hydrogen) atoms. The van der Waals surface area contributed by atoms with Crippen LogP contribution in [0.15, 0.2) is 0 Å². The van der Waals surface area contributed by atoms with E-state index in [4.69, 9.17) is 0 Å². The van der Waals surface area contributed by atoms with Crippen LogP contribution in [0, 0.1) is 0 Å². The van der Waals surface area contributed by atoms with Gasteiger partial charge in [-0.15, -0.1) is 0 Å². The lowest BCUT2D eigenvalue weighted by Gasteiger charge is -2.63. The predicted molar refractivity (Wildman–Crippen MR) is 131 cm³/mol. The molecule has 1 atom stereocenters. The minimum absolute atomic E-state index is 0.0546. The van der Waals surface area contributed by atoms with Gasteiger partial charge in [0.05, 0.1) is 38.3 Å². The van der Waals surface area contributed by atoms with Crippen LogP contribution in [0.3, 0.4) is 0 Å². The monoisotopic (exact) mass is 434 g/mol. The molecule has 4 heteroatoms. The molecule has 4 fully saturated rings. The van der Waals surface area contributed by atoms with Crippen LogP contribution in [0.25, 0.3) is 0 Å². The number of hydrogen-bond acceptors (Lipinski definition) is 2. The second-order valence-electron chi connectivity index (χ2n) is 14.1. The van der Waals surface area contributed by atoms with Crippen molar-refractivity contribution in [2.45, 2.75) is 136 Å². The molecule has 180 valence electrons. The summed E-state index contributed by atoms with van der Waals surface area (Å²) in [6, 6.07) is 0. The van der Waals surface area contributed by atoms with E-state index in [-0.39, 0.29) is 28.1 Å². The summed E-state index contributed by atoms with van der Waals surface area (Å²) in [5.41, 5.74) is 0.835. The lowest BCUT2D eigenvalue weighted by molar-refractivity contribution is -1.18. The smallest absolute Gasteiger partial charge is 0.241 e. The third-order valence-corrected chi connectivity index (χ3v) is 10.7. The van der Waals surface area contributed by atoms with Crippen molar-refractivity contribution in [3.05, 3.63) is 0 Å².